The lowest BCUT2D eigenvalue weighted by molar-refractivity contribution is 0.176. The van der Waals surface area contributed by atoms with Crippen LogP contribution < -0.4 is 5.32 Å². The van der Waals surface area contributed by atoms with Crippen molar-refractivity contribution >= 4 is 17.4 Å². The summed E-state index contributed by atoms with van der Waals surface area (Å²) >= 11 is 1.71. The van der Waals surface area contributed by atoms with Gasteiger partial charge in [0, 0.05) is 18.0 Å². The van der Waals surface area contributed by atoms with E-state index in [2.05, 4.69) is 16.8 Å². The molecule has 23 heavy (non-hydrogen) atoms. The van der Waals surface area contributed by atoms with Crippen LogP contribution in [-0.4, -0.2) is 17.5 Å². The standard InChI is InChI=1S/C18H21FN2OS/c19-15-9-7-14(8-10-15)13-20-18(22)21-11-3-1-2-5-16(21)17-6-4-12-23-17/h4,6-10,12,16H,1-3,5,11,13H2,(H,20,22)/t16-/m1/s1. The smallest absolute Gasteiger partial charge is 0.318 e. The monoisotopic (exact) mass is 332 g/mol. The Balaban J connectivity index is 1.66. The van der Waals surface area contributed by atoms with E-state index in [0.29, 0.717) is 6.54 Å². The molecular weight excluding hydrogens is 311 g/mol. The molecule has 2 heterocycles. The number of likely N-dealkylation sites (tertiary alicyclic amines) is 1. The second-order valence-corrected chi connectivity index (χ2v) is 6.84. The molecule has 0 radical (unpaired) electrons. The average Bonchev–Trinajstić information content (AvgIpc) is 2.98. The average molecular weight is 332 g/mol. The highest BCUT2D eigenvalue weighted by Gasteiger charge is 2.27. The Morgan fingerprint density at radius 3 is 2.78 bits per heavy atom. The van der Waals surface area contributed by atoms with Crippen molar-refractivity contribution in [3.8, 4) is 0 Å². The highest BCUT2D eigenvalue weighted by Crippen LogP contribution is 2.32. The third-order valence-corrected chi connectivity index (χ3v) is 5.22. The molecule has 1 saturated heterocycles. The Morgan fingerprint density at radius 1 is 1.22 bits per heavy atom. The zero-order valence-electron chi connectivity index (χ0n) is 13.0. The predicted molar refractivity (Wildman–Crippen MR) is 90.9 cm³/mol. The molecular formula is C18H21FN2OS. The van der Waals surface area contributed by atoms with Gasteiger partial charge >= 0.3 is 6.03 Å². The van der Waals surface area contributed by atoms with Gasteiger partial charge in [-0.1, -0.05) is 31.0 Å². The van der Waals surface area contributed by atoms with Crippen molar-refractivity contribution in [1.29, 1.82) is 0 Å². The summed E-state index contributed by atoms with van der Waals surface area (Å²) in [4.78, 5) is 15.9. The number of rotatable bonds is 3. The molecule has 5 heteroatoms. The highest BCUT2D eigenvalue weighted by molar-refractivity contribution is 7.10. The summed E-state index contributed by atoms with van der Waals surface area (Å²) in [5, 5.41) is 5.04. The Kier molecular flexibility index (Phi) is 5.28. The maximum absolute atomic E-state index is 12.9. The SMILES string of the molecule is O=C(NCc1ccc(F)cc1)N1CCCCC[C@@H]1c1cccs1. The number of nitrogens with zero attached hydrogens (tertiary/aromatic N) is 1. The lowest BCUT2D eigenvalue weighted by Crippen LogP contribution is -2.41. The van der Waals surface area contributed by atoms with E-state index in [-0.39, 0.29) is 17.9 Å². The molecule has 0 saturated carbocycles. The maximum atomic E-state index is 12.9. The van der Waals surface area contributed by atoms with Gasteiger partial charge in [-0.15, -0.1) is 11.3 Å². The molecule has 2 aromatic rings. The minimum absolute atomic E-state index is 0.0328. The van der Waals surface area contributed by atoms with Crippen molar-refractivity contribution in [1.82, 2.24) is 10.2 Å². The number of benzene rings is 1. The summed E-state index contributed by atoms with van der Waals surface area (Å²) in [6.45, 7) is 1.21. The third kappa shape index (κ3) is 4.10. The van der Waals surface area contributed by atoms with Crippen molar-refractivity contribution in [3.05, 3.63) is 58.0 Å². The van der Waals surface area contributed by atoms with E-state index in [9.17, 15) is 9.18 Å². The van der Waals surface area contributed by atoms with Crippen LogP contribution in [0, 0.1) is 5.82 Å². The molecule has 1 aliphatic rings. The Labute approximate surface area is 140 Å². The van der Waals surface area contributed by atoms with Gasteiger partial charge in [0.2, 0.25) is 0 Å². The summed E-state index contributed by atoms with van der Waals surface area (Å²) in [5.41, 5.74) is 0.905. The van der Waals surface area contributed by atoms with Crippen LogP contribution in [0.2, 0.25) is 0 Å². The van der Waals surface area contributed by atoms with E-state index in [4.69, 9.17) is 0 Å². The van der Waals surface area contributed by atoms with Crippen LogP contribution in [0.25, 0.3) is 0 Å². The van der Waals surface area contributed by atoms with E-state index in [1.807, 2.05) is 11.0 Å². The Bertz CT molecular complexity index is 627. The van der Waals surface area contributed by atoms with Gasteiger partial charge in [-0.25, -0.2) is 9.18 Å². The minimum atomic E-state index is -0.259. The van der Waals surface area contributed by atoms with E-state index in [0.717, 1.165) is 31.4 Å². The largest absolute Gasteiger partial charge is 0.334 e. The number of urea groups is 1. The van der Waals surface area contributed by atoms with Crippen LogP contribution in [0.1, 0.15) is 42.2 Å². The molecule has 3 rings (SSSR count). The topological polar surface area (TPSA) is 32.3 Å². The Morgan fingerprint density at radius 2 is 2.04 bits per heavy atom. The van der Waals surface area contributed by atoms with Crippen molar-refractivity contribution in [2.24, 2.45) is 0 Å². The second kappa shape index (κ2) is 7.59. The molecule has 1 atom stereocenters. The van der Waals surface area contributed by atoms with Crippen LogP contribution in [-0.2, 0) is 6.54 Å². The van der Waals surface area contributed by atoms with Crippen LogP contribution in [0.5, 0.6) is 0 Å². The van der Waals surface area contributed by atoms with Gasteiger partial charge in [0.1, 0.15) is 5.82 Å². The number of amides is 2. The molecule has 0 spiro atoms. The van der Waals surface area contributed by atoms with E-state index in [1.165, 1.54) is 23.4 Å². The minimum Gasteiger partial charge on any atom is -0.334 e. The van der Waals surface area contributed by atoms with Crippen molar-refractivity contribution in [2.45, 2.75) is 38.3 Å². The molecule has 1 aliphatic heterocycles. The van der Waals surface area contributed by atoms with Crippen LogP contribution in [0.3, 0.4) is 0 Å². The van der Waals surface area contributed by atoms with Crippen molar-refractivity contribution < 1.29 is 9.18 Å². The molecule has 1 N–H and O–H groups in total. The van der Waals surface area contributed by atoms with Crippen LogP contribution in [0.4, 0.5) is 9.18 Å². The molecule has 1 aromatic carbocycles. The van der Waals surface area contributed by atoms with Gasteiger partial charge in [0.15, 0.2) is 0 Å². The third-order valence-electron chi connectivity index (χ3n) is 4.24. The first kappa shape index (κ1) is 16.0. The van der Waals surface area contributed by atoms with Gasteiger partial charge < -0.3 is 10.2 Å². The number of hydrogen-bond acceptors (Lipinski definition) is 2. The molecule has 2 amide bonds. The maximum Gasteiger partial charge on any atom is 0.318 e. The molecule has 1 fully saturated rings. The molecule has 122 valence electrons. The summed E-state index contributed by atoms with van der Waals surface area (Å²) in [6.07, 6.45) is 4.39. The zero-order chi connectivity index (χ0) is 16.1. The molecule has 0 unspecified atom stereocenters. The van der Waals surface area contributed by atoms with Crippen molar-refractivity contribution in [2.75, 3.05) is 6.54 Å². The lowest BCUT2D eigenvalue weighted by Gasteiger charge is -2.29. The summed E-state index contributed by atoms with van der Waals surface area (Å²) < 4.78 is 12.9. The number of carbonyl (C=O) groups excluding carboxylic acids is 1. The molecule has 3 nitrogen and oxygen atoms in total. The van der Waals surface area contributed by atoms with Crippen LogP contribution >= 0.6 is 11.3 Å². The van der Waals surface area contributed by atoms with Gasteiger partial charge in [-0.3, -0.25) is 0 Å². The number of nitrogens with one attached hydrogen (secondary N) is 1. The fourth-order valence-electron chi connectivity index (χ4n) is 3.01. The van der Waals surface area contributed by atoms with Gasteiger partial charge in [-0.05, 0) is 42.0 Å². The summed E-state index contributed by atoms with van der Waals surface area (Å²) in [7, 11) is 0. The first-order valence-electron chi connectivity index (χ1n) is 8.06. The number of thiophene rings is 1. The number of halogens is 1. The van der Waals surface area contributed by atoms with Crippen LogP contribution in [0.15, 0.2) is 41.8 Å². The normalized spacial score (nSPS) is 18.5. The first-order chi connectivity index (χ1) is 11.2. The van der Waals surface area contributed by atoms with E-state index >= 15 is 0 Å². The molecule has 0 bridgehead atoms. The highest BCUT2D eigenvalue weighted by atomic mass is 32.1. The lowest BCUT2D eigenvalue weighted by atomic mass is 10.1. The fourth-order valence-corrected chi connectivity index (χ4v) is 3.88. The number of carbonyl (C=O) groups is 1. The number of hydrogen-bond donors (Lipinski definition) is 1. The van der Waals surface area contributed by atoms with Crippen molar-refractivity contribution in [3.63, 3.8) is 0 Å². The second-order valence-electron chi connectivity index (χ2n) is 5.86. The Hall–Kier alpha value is -1.88. The quantitative estimate of drug-likeness (QED) is 0.867. The molecule has 0 aliphatic carbocycles. The van der Waals surface area contributed by atoms with E-state index < -0.39 is 0 Å². The van der Waals surface area contributed by atoms with Gasteiger partial charge in [0.25, 0.3) is 0 Å². The predicted octanol–water partition coefficient (Wildman–Crippen LogP) is 4.71. The summed E-state index contributed by atoms with van der Waals surface area (Å²) in [6, 6.07) is 10.5. The molecule has 1 aromatic heterocycles. The zero-order valence-corrected chi connectivity index (χ0v) is 13.8. The fraction of sp³-hybridized carbons (Fsp3) is 0.389. The summed E-state index contributed by atoms with van der Waals surface area (Å²) in [5.74, 6) is -0.259. The van der Waals surface area contributed by atoms with Gasteiger partial charge in [0.05, 0.1) is 6.04 Å². The first-order valence-corrected chi connectivity index (χ1v) is 8.94. The van der Waals surface area contributed by atoms with E-state index in [1.54, 1.807) is 23.5 Å². The van der Waals surface area contributed by atoms with Gasteiger partial charge in [-0.2, -0.15) is 0 Å².